The van der Waals surface area contributed by atoms with Crippen LogP contribution in [0.3, 0.4) is 0 Å². The fourth-order valence-electron chi connectivity index (χ4n) is 3.30. The molecule has 0 N–H and O–H groups in total. The number of nitrogens with zero attached hydrogens (tertiary/aromatic N) is 3. The zero-order valence-corrected chi connectivity index (χ0v) is 13.8. The largest absolute Gasteiger partial charge is 0.469 e. The lowest BCUT2D eigenvalue weighted by Crippen LogP contribution is -2.39. The van der Waals surface area contributed by atoms with Crippen molar-refractivity contribution in [3.05, 3.63) is 47.4 Å². The smallest absolute Gasteiger partial charge is 0.257 e. The Morgan fingerprint density at radius 3 is 2.39 bits per heavy atom. The van der Waals surface area contributed by atoms with Crippen molar-refractivity contribution in [3.8, 4) is 0 Å². The number of furan rings is 1. The van der Waals surface area contributed by atoms with Crippen LogP contribution in [0, 0.1) is 0 Å². The fraction of sp³-hybridized carbons (Fsp3) is 0.500. The Labute approximate surface area is 136 Å². The first-order valence-corrected chi connectivity index (χ1v) is 8.40. The van der Waals surface area contributed by atoms with Crippen LogP contribution in [0.4, 0.5) is 0 Å². The van der Waals surface area contributed by atoms with E-state index >= 15 is 0 Å². The van der Waals surface area contributed by atoms with Gasteiger partial charge in [0.25, 0.3) is 5.91 Å². The standard InChI is InChI=1S/C18H23N3O2/c1-3-14-17(15(4-2)20-12-19-14)18(22)21-9-7-13(8-10-21)16-6-5-11-23-16/h5-6,11-13H,3-4,7-10H2,1-2H3. The molecule has 3 rings (SSSR count). The summed E-state index contributed by atoms with van der Waals surface area (Å²) in [4.78, 5) is 23.5. The van der Waals surface area contributed by atoms with Crippen molar-refractivity contribution in [3.63, 3.8) is 0 Å². The Bertz CT molecular complexity index is 637. The van der Waals surface area contributed by atoms with Gasteiger partial charge in [0.15, 0.2) is 0 Å². The van der Waals surface area contributed by atoms with Crippen molar-refractivity contribution in [1.82, 2.24) is 14.9 Å². The molecule has 0 bridgehead atoms. The number of hydrogen-bond donors (Lipinski definition) is 0. The molecule has 1 aliphatic heterocycles. The number of rotatable bonds is 4. The average molecular weight is 313 g/mol. The van der Waals surface area contributed by atoms with Gasteiger partial charge >= 0.3 is 0 Å². The molecule has 23 heavy (non-hydrogen) atoms. The second-order valence-corrected chi connectivity index (χ2v) is 5.93. The summed E-state index contributed by atoms with van der Waals surface area (Å²) in [5.74, 6) is 1.53. The zero-order valence-electron chi connectivity index (χ0n) is 13.8. The summed E-state index contributed by atoms with van der Waals surface area (Å²) in [7, 11) is 0. The lowest BCUT2D eigenvalue weighted by atomic mass is 9.93. The van der Waals surface area contributed by atoms with E-state index in [1.807, 2.05) is 30.9 Å². The van der Waals surface area contributed by atoms with Gasteiger partial charge in [0, 0.05) is 19.0 Å². The lowest BCUT2D eigenvalue weighted by Gasteiger charge is -2.31. The molecule has 0 saturated carbocycles. The van der Waals surface area contributed by atoms with Crippen LogP contribution in [0.1, 0.15) is 60.1 Å². The van der Waals surface area contributed by atoms with Crippen molar-refractivity contribution in [2.75, 3.05) is 13.1 Å². The highest BCUT2D eigenvalue weighted by molar-refractivity contribution is 5.96. The minimum Gasteiger partial charge on any atom is -0.469 e. The van der Waals surface area contributed by atoms with E-state index < -0.39 is 0 Å². The molecule has 5 heteroatoms. The van der Waals surface area contributed by atoms with Crippen molar-refractivity contribution < 1.29 is 9.21 Å². The van der Waals surface area contributed by atoms with Crippen LogP contribution in [-0.2, 0) is 12.8 Å². The summed E-state index contributed by atoms with van der Waals surface area (Å²) >= 11 is 0. The number of amides is 1. The minimum absolute atomic E-state index is 0.0807. The predicted octanol–water partition coefficient (Wildman–Crippen LogP) is 3.21. The molecule has 0 spiro atoms. The van der Waals surface area contributed by atoms with Crippen LogP contribution < -0.4 is 0 Å². The highest BCUT2D eigenvalue weighted by Crippen LogP contribution is 2.29. The Kier molecular flexibility index (Phi) is 4.74. The van der Waals surface area contributed by atoms with Gasteiger partial charge in [-0.25, -0.2) is 9.97 Å². The lowest BCUT2D eigenvalue weighted by molar-refractivity contribution is 0.0704. The zero-order chi connectivity index (χ0) is 16.2. The Balaban J connectivity index is 1.75. The van der Waals surface area contributed by atoms with Crippen LogP contribution in [0.15, 0.2) is 29.1 Å². The van der Waals surface area contributed by atoms with E-state index in [-0.39, 0.29) is 5.91 Å². The van der Waals surface area contributed by atoms with Crippen LogP contribution in [-0.4, -0.2) is 33.9 Å². The van der Waals surface area contributed by atoms with Crippen LogP contribution in [0.25, 0.3) is 0 Å². The molecule has 0 atom stereocenters. The summed E-state index contributed by atoms with van der Waals surface area (Å²) in [5, 5.41) is 0. The molecule has 0 aromatic carbocycles. The summed E-state index contributed by atoms with van der Waals surface area (Å²) in [5.41, 5.74) is 2.43. The quantitative estimate of drug-likeness (QED) is 0.869. The first kappa shape index (κ1) is 15.7. The maximum Gasteiger partial charge on any atom is 0.257 e. The Hall–Kier alpha value is -2.17. The molecule has 2 aromatic rings. The van der Waals surface area contributed by atoms with E-state index in [1.165, 1.54) is 0 Å². The molecule has 5 nitrogen and oxygen atoms in total. The van der Waals surface area contributed by atoms with Gasteiger partial charge in [-0.3, -0.25) is 4.79 Å². The third-order valence-corrected chi connectivity index (χ3v) is 4.62. The molecule has 3 heterocycles. The summed E-state index contributed by atoms with van der Waals surface area (Å²) in [6, 6.07) is 3.95. The number of aromatic nitrogens is 2. The van der Waals surface area contributed by atoms with Gasteiger partial charge in [0.2, 0.25) is 0 Å². The third kappa shape index (κ3) is 3.14. The summed E-state index contributed by atoms with van der Waals surface area (Å²) in [6.45, 7) is 5.57. The van der Waals surface area contributed by atoms with Crippen molar-refractivity contribution >= 4 is 5.91 Å². The maximum absolute atomic E-state index is 13.0. The minimum atomic E-state index is 0.0807. The van der Waals surface area contributed by atoms with Gasteiger partial charge < -0.3 is 9.32 Å². The van der Waals surface area contributed by atoms with Crippen LogP contribution >= 0.6 is 0 Å². The molecule has 122 valence electrons. The SMILES string of the molecule is CCc1ncnc(CC)c1C(=O)N1CCC(c2ccco2)CC1. The van der Waals surface area contributed by atoms with E-state index in [1.54, 1.807) is 12.6 Å². The van der Waals surface area contributed by atoms with Gasteiger partial charge in [0.05, 0.1) is 23.2 Å². The first-order valence-electron chi connectivity index (χ1n) is 8.40. The fourth-order valence-corrected chi connectivity index (χ4v) is 3.30. The topological polar surface area (TPSA) is 59.2 Å². The van der Waals surface area contributed by atoms with E-state index in [0.717, 1.165) is 55.9 Å². The van der Waals surface area contributed by atoms with Gasteiger partial charge in [-0.1, -0.05) is 13.8 Å². The maximum atomic E-state index is 13.0. The van der Waals surface area contributed by atoms with Gasteiger partial charge in [-0.2, -0.15) is 0 Å². The van der Waals surface area contributed by atoms with Crippen LogP contribution in [0.2, 0.25) is 0 Å². The van der Waals surface area contributed by atoms with E-state index in [9.17, 15) is 4.79 Å². The first-order chi connectivity index (χ1) is 11.2. The summed E-state index contributed by atoms with van der Waals surface area (Å²) in [6.07, 6.45) is 6.66. The molecule has 0 unspecified atom stereocenters. The molecule has 2 aromatic heterocycles. The molecule has 1 amide bonds. The Morgan fingerprint density at radius 1 is 1.22 bits per heavy atom. The highest BCUT2D eigenvalue weighted by Gasteiger charge is 2.28. The van der Waals surface area contributed by atoms with E-state index in [0.29, 0.717) is 11.5 Å². The van der Waals surface area contributed by atoms with Crippen molar-refractivity contribution in [2.45, 2.75) is 45.4 Å². The molecule has 0 radical (unpaired) electrons. The number of carbonyl (C=O) groups excluding carboxylic acids is 1. The van der Waals surface area contributed by atoms with Gasteiger partial charge in [-0.15, -0.1) is 0 Å². The molecule has 1 fully saturated rings. The monoisotopic (exact) mass is 313 g/mol. The third-order valence-electron chi connectivity index (χ3n) is 4.62. The van der Waals surface area contributed by atoms with E-state index in [4.69, 9.17) is 4.42 Å². The molecule has 1 aliphatic rings. The number of aryl methyl sites for hydroxylation is 2. The van der Waals surface area contributed by atoms with Crippen LogP contribution in [0.5, 0.6) is 0 Å². The van der Waals surface area contributed by atoms with Crippen molar-refractivity contribution in [1.29, 1.82) is 0 Å². The van der Waals surface area contributed by atoms with E-state index in [2.05, 4.69) is 9.97 Å². The van der Waals surface area contributed by atoms with Gasteiger partial charge in [-0.05, 0) is 37.8 Å². The average Bonchev–Trinajstić information content (AvgIpc) is 3.15. The molecular weight excluding hydrogens is 290 g/mol. The number of likely N-dealkylation sites (tertiary alicyclic amines) is 1. The van der Waals surface area contributed by atoms with Gasteiger partial charge in [0.1, 0.15) is 12.1 Å². The molecule has 1 saturated heterocycles. The highest BCUT2D eigenvalue weighted by atomic mass is 16.3. The second-order valence-electron chi connectivity index (χ2n) is 5.93. The molecular formula is C18H23N3O2. The molecule has 0 aliphatic carbocycles. The number of piperidine rings is 1. The normalized spacial score (nSPS) is 15.8. The second kappa shape index (κ2) is 6.94. The number of hydrogen-bond acceptors (Lipinski definition) is 4. The summed E-state index contributed by atoms with van der Waals surface area (Å²) < 4.78 is 5.50. The Morgan fingerprint density at radius 2 is 1.87 bits per heavy atom. The predicted molar refractivity (Wildman–Crippen MR) is 87.4 cm³/mol. The number of carbonyl (C=O) groups is 1. The van der Waals surface area contributed by atoms with Crippen molar-refractivity contribution in [2.24, 2.45) is 0 Å².